The van der Waals surface area contributed by atoms with Crippen LogP contribution in [-0.2, 0) is 16.0 Å². The molecule has 1 aliphatic heterocycles. The van der Waals surface area contributed by atoms with E-state index in [4.69, 9.17) is 14.2 Å². The average Bonchev–Trinajstić information content (AvgIpc) is 2.83. The van der Waals surface area contributed by atoms with E-state index in [1.807, 2.05) is 6.92 Å². The van der Waals surface area contributed by atoms with E-state index in [-0.39, 0.29) is 13.4 Å². The molecule has 0 aliphatic carbocycles. The highest BCUT2D eigenvalue weighted by atomic mass is 16.7. The van der Waals surface area contributed by atoms with Crippen molar-refractivity contribution in [1.82, 2.24) is 0 Å². The van der Waals surface area contributed by atoms with E-state index in [0.717, 1.165) is 5.56 Å². The van der Waals surface area contributed by atoms with Gasteiger partial charge >= 0.3 is 5.97 Å². The van der Waals surface area contributed by atoms with Gasteiger partial charge < -0.3 is 19.3 Å². The third-order valence-electron chi connectivity index (χ3n) is 2.82. The lowest BCUT2D eigenvalue weighted by atomic mass is 9.99. The monoisotopic (exact) mass is 252 g/mol. The van der Waals surface area contributed by atoms with Gasteiger partial charge in [-0.2, -0.15) is 0 Å². The molecular formula is C13H16O5. The normalized spacial score (nSPS) is 14.4. The molecule has 0 radical (unpaired) electrons. The van der Waals surface area contributed by atoms with Crippen molar-refractivity contribution in [3.05, 3.63) is 23.3 Å². The van der Waals surface area contributed by atoms with Crippen molar-refractivity contribution in [2.45, 2.75) is 26.4 Å². The number of aliphatic hydroxyl groups is 1. The van der Waals surface area contributed by atoms with Gasteiger partial charge in [-0.3, -0.25) is 0 Å². The van der Waals surface area contributed by atoms with Gasteiger partial charge in [0.2, 0.25) is 6.79 Å². The zero-order valence-electron chi connectivity index (χ0n) is 10.4. The maximum Gasteiger partial charge on any atom is 0.339 e. The van der Waals surface area contributed by atoms with E-state index in [1.54, 1.807) is 19.1 Å². The third-order valence-corrected chi connectivity index (χ3v) is 2.82. The van der Waals surface area contributed by atoms with Gasteiger partial charge in [-0.25, -0.2) is 4.79 Å². The molecule has 0 aromatic heterocycles. The van der Waals surface area contributed by atoms with Gasteiger partial charge in [-0.15, -0.1) is 0 Å². The Morgan fingerprint density at radius 2 is 2.06 bits per heavy atom. The van der Waals surface area contributed by atoms with Crippen LogP contribution in [0.1, 0.15) is 31.1 Å². The van der Waals surface area contributed by atoms with E-state index < -0.39 is 12.1 Å². The number of hydrogen-bond acceptors (Lipinski definition) is 5. The second-order valence-corrected chi connectivity index (χ2v) is 3.91. The van der Waals surface area contributed by atoms with Crippen molar-refractivity contribution in [2.24, 2.45) is 0 Å². The minimum absolute atomic E-state index is 0.164. The molecule has 0 bridgehead atoms. The smallest absolute Gasteiger partial charge is 0.339 e. The first kappa shape index (κ1) is 12.7. The van der Waals surface area contributed by atoms with Crippen LogP contribution < -0.4 is 9.47 Å². The maximum atomic E-state index is 11.6. The second-order valence-electron chi connectivity index (χ2n) is 3.91. The molecule has 1 heterocycles. The largest absolute Gasteiger partial charge is 0.464 e. The molecule has 0 saturated heterocycles. The quantitative estimate of drug-likeness (QED) is 0.824. The molecule has 1 aromatic rings. The van der Waals surface area contributed by atoms with Crippen LogP contribution in [-0.4, -0.2) is 24.5 Å². The summed E-state index contributed by atoms with van der Waals surface area (Å²) < 4.78 is 15.3. The highest BCUT2D eigenvalue weighted by Crippen LogP contribution is 2.37. The number of aliphatic hydroxyl groups excluding tert-OH is 1. The zero-order valence-corrected chi connectivity index (χ0v) is 10.4. The van der Waals surface area contributed by atoms with Crippen LogP contribution in [0.25, 0.3) is 0 Å². The Balaban J connectivity index is 2.34. The molecule has 5 nitrogen and oxygen atoms in total. The zero-order chi connectivity index (χ0) is 13.1. The van der Waals surface area contributed by atoms with Gasteiger partial charge in [-0.05, 0) is 36.6 Å². The highest BCUT2D eigenvalue weighted by molar-refractivity contribution is 5.77. The predicted octanol–water partition coefficient (Wildman–Crippen LogP) is 1.57. The number of rotatable bonds is 4. The van der Waals surface area contributed by atoms with Crippen LogP contribution in [0.3, 0.4) is 0 Å². The molecule has 0 spiro atoms. The van der Waals surface area contributed by atoms with Gasteiger partial charge in [0, 0.05) is 0 Å². The average molecular weight is 252 g/mol. The summed E-state index contributed by atoms with van der Waals surface area (Å²) in [5, 5.41) is 9.99. The van der Waals surface area contributed by atoms with Gasteiger partial charge in [0.25, 0.3) is 0 Å². The molecule has 1 unspecified atom stereocenters. The van der Waals surface area contributed by atoms with E-state index in [2.05, 4.69) is 0 Å². The van der Waals surface area contributed by atoms with Crippen LogP contribution in [0.2, 0.25) is 0 Å². The summed E-state index contributed by atoms with van der Waals surface area (Å²) in [7, 11) is 0. The van der Waals surface area contributed by atoms with Crippen molar-refractivity contribution in [2.75, 3.05) is 13.4 Å². The number of ether oxygens (including phenoxy) is 3. The molecule has 0 fully saturated rings. The number of aryl methyl sites for hydroxylation is 1. The van der Waals surface area contributed by atoms with Crippen molar-refractivity contribution in [1.29, 1.82) is 0 Å². The summed E-state index contributed by atoms with van der Waals surface area (Å²) in [5.41, 5.74) is 1.36. The van der Waals surface area contributed by atoms with Crippen molar-refractivity contribution in [3.63, 3.8) is 0 Å². The van der Waals surface area contributed by atoms with Crippen molar-refractivity contribution >= 4 is 5.97 Å². The second kappa shape index (κ2) is 5.27. The first-order valence-corrected chi connectivity index (χ1v) is 5.94. The summed E-state index contributed by atoms with van der Waals surface area (Å²) in [4.78, 5) is 11.6. The Bertz CT molecular complexity index is 455. The standard InChI is InChI=1S/C13H16O5/c1-3-8-5-10-11(18-7-17-10)6-9(8)12(14)13(15)16-4-2/h5-6,12,14H,3-4,7H2,1-2H3. The number of hydrogen-bond donors (Lipinski definition) is 1. The van der Waals surface area contributed by atoms with E-state index in [1.165, 1.54) is 0 Å². The number of fused-ring (bicyclic) bond motifs is 1. The van der Waals surface area contributed by atoms with Gasteiger partial charge in [0.1, 0.15) is 0 Å². The molecule has 1 aliphatic rings. The Morgan fingerprint density at radius 3 is 2.67 bits per heavy atom. The van der Waals surface area contributed by atoms with Crippen LogP contribution in [0.4, 0.5) is 0 Å². The van der Waals surface area contributed by atoms with E-state index >= 15 is 0 Å². The first-order valence-electron chi connectivity index (χ1n) is 5.94. The number of esters is 1. The van der Waals surface area contributed by atoms with E-state index in [0.29, 0.717) is 23.5 Å². The first-order chi connectivity index (χ1) is 8.67. The molecule has 0 saturated carbocycles. The van der Waals surface area contributed by atoms with Crippen molar-refractivity contribution in [3.8, 4) is 11.5 Å². The van der Waals surface area contributed by atoms with E-state index in [9.17, 15) is 9.90 Å². The topological polar surface area (TPSA) is 65.0 Å². The predicted molar refractivity (Wildman–Crippen MR) is 63.5 cm³/mol. The van der Waals surface area contributed by atoms with Crippen LogP contribution >= 0.6 is 0 Å². The lowest BCUT2D eigenvalue weighted by molar-refractivity contribution is -0.153. The van der Waals surface area contributed by atoms with Gasteiger partial charge in [-0.1, -0.05) is 6.92 Å². The molecule has 0 amide bonds. The highest BCUT2D eigenvalue weighted by Gasteiger charge is 2.25. The summed E-state index contributed by atoms with van der Waals surface area (Å²) in [5.74, 6) is 0.545. The third kappa shape index (κ3) is 2.26. The van der Waals surface area contributed by atoms with Crippen LogP contribution in [0.15, 0.2) is 12.1 Å². The molecule has 1 atom stereocenters. The van der Waals surface area contributed by atoms with Crippen LogP contribution in [0.5, 0.6) is 11.5 Å². The van der Waals surface area contributed by atoms with Gasteiger partial charge in [0.05, 0.1) is 6.61 Å². The van der Waals surface area contributed by atoms with Gasteiger partial charge in [0.15, 0.2) is 17.6 Å². The minimum atomic E-state index is -1.28. The molecule has 18 heavy (non-hydrogen) atoms. The van der Waals surface area contributed by atoms with Crippen LogP contribution in [0, 0.1) is 0 Å². The Morgan fingerprint density at radius 1 is 1.39 bits per heavy atom. The number of benzene rings is 1. The Hall–Kier alpha value is -1.75. The molecular weight excluding hydrogens is 236 g/mol. The summed E-state index contributed by atoms with van der Waals surface area (Å²) in [6.45, 7) is 4.04. The number of carbonyl (C=O) groups excluding carboxylic acids is 1. The Kier molecular flexibility index (Phi) is 3.72. The molecule has 1 aromatic carbocycles. The lowest BCUT2D eigenvalue weighted by Gasteiger charge is -2.14. The molecule has 2 rings (SSSR count). The van der Waals surface area contributed by atoms with Crippen molar-refractivity contribution < 1.29 is 24.1 Å². The molecule has 1 N–H and O–H groups in total. The molecule has 5 heteroatoms. The minimum Gasteiger partial charge on any atom is -0.464 e. The SMILES string of the molecule is CCOC(=O)C(O)c1cc2c(cc1CC)OCO2. The fraction of sp³-hybridized carbons (Fsp3) is 0.462. The Labute approximate surface area is 105 Å². The fourth-order valence-electron chi connectivity index (χ4n) is 1.91. The summed E-state index contributed by atoms with van der Waals surface area (Å²) >= 11 is 0. The molecule has 98 valence electrons. The fourth-order valence-corrected chi connectivity index (χ4v) is 1.91. The maximum absolute atomic E-state index is 11.6. The summed E-state index contributed by atoms with van der Waals surface area (Å²) in [6, 6.07) is 3.43. The lowest BCUT2D eigenvalue weighted by Crippen LogP contribution is -2.16. The number of carbonyl (C=O) groups is 1. The summed E-state index contributed by atoms with van der Waals surface area (Å²) in [6.07, 6.45) is -0.600.